The quantitative estimate of drug-likeness (QED) is 0.752. The Labute approximate surface area is 122 Å². The largest absolute Gasteiger partial charge is 0.491 e. The standard InChI is InChI=1S/C16H27N3O/c1-3-11-20-15-8-6-7-14(16(15)17)18-12-13(2)19-9-4-5-10-19/h6-8,13,18H,3-5,9-12,17H2,1-2H3. The molecule has 1 heterocycles. The molecule has 0 spiro atoms. The Morgan fingerprint density at radius 3 is 2.80 bits per heavy atom. The van der Waals surface area contributed by atoms with E-state index in [1.165, 1.54) is 25.9 Å². The lowest BCUT2D eigenvalue weighted by Gasteiger charge is -2.25. The molecule has 1 atom stereocenters. The van der Waals surface area contributed by atoms with Crippen LogP contribution in [-0.4, -0.2) is 37.2 Å². The van der Waals surface area contributed by atoms with Crippen LogP contribution in [0.2, 0.25) is 0 Å². The summed E-state index contributed by atoms with van der Waals surface area (Å²) in [4.78, 5) is 2.53. The van der Waals surface area contributed by atoms with Crippen LogP contribution in [0.4, 0.5) is 11.4 Å². The molecule has 4 heteroatoms. The van der Waals surface area contributed by atoms with Crippen LogP contribution in [-0.2, 0) is 0 Å². The van der Waals surface area contributed by atoms with Crippen molar-refractivity contribution in [2.24, 2.45) is 0 Å². The van der Waals surface area contributed by atoms with Crippen molar-refractivity contribution in [3.05, 3.63) is 18.2 Å². The first-order valence-electron chi connectivity index (χ1n) is 7.71. The number of nitrogen functional groups attached to an aromatic ring is 1. The zero-order valence-electron chi connectivity index (χ0n) is 12.7. The molecule has 1 unspecified atom stereocenters. The van der Waals surface area contributed by atoms with Gasteiger partial charge in [0.15, 0.2) is 0 Å². The van der Waals surface area contributed by atoms with Gasteiger partial charge < -0.3 is 15.8 Å². The zero-order valence-corrected chi connectivity index (χ0v) is 12.7. The third-order valence-corrected chi connectivity index (χ3v) is 3.88. The van der Waals surface area contributed by atoms with Crippen molar-refractivity contribution in [2.75, 3.05) is 37.3 Å². The van der Waals surface area contributed by atoms with Crippen LogP contribution >= 0.6 is 0 Å². The Morgan fingerprint density at radius 2 is 2.10 bits per heavy atom. The highest BCUT2D eigenvalue weighted by molar-refractivity contribution is 5.72. The zero-order chi connectivity index (χ0) is 14.4. The maximum Gasteiger partial charge on any atom is 0.144 e. The molecular formula is C16H27N3O. The molecule has 112 valence electrons. The van der Waals surface area contributed by atoms with Crippen LogP contribution in [0.15, 0.2) is 18.2 Å². The lowest BCUT2D eigenvalue weighted by atomic mass is 10.2. The second-order valence-electron chi connectivity index (χ2n) is 5.54. The Kier molecular flexibility index (Phi) is 5.53. The topological polar surface area (TPSA) is 50.5 Å². The number of anilines is 2. The van der Waals surface area contributed by atoms with Gasteiger partial charge in [0.2, 0.25) is 0 Å². The highest BCUT2D eigenvalue weighted by atomic mass is 16.5. The molecule has 1 aromatic carbocycles. The smallest absolute Gasteiger partial charge is 0.144 e. The van der Waals surface area contributed by atoms with Crippen molar-refractivity contribution >= 4 is 11.4 Å². The van der Waals surface area contributed by atoms with Gasteiger partial charge in [-0.15, -0.1) is 0 Å². The third kappa shape index (κ3) is 3.79. The molecule has 4 nitrogen and oxygen atoms in total. The highest BCUT2D eigenvalue weighted by Crippen LogP contribution is 2.29. The summed E-state index contributed by atoms with van der Waals surface area (Å²) >= 11 is 0. The number of ether oxygens (including phenoxy) is 1. The van der Waals surface area contributed by atoms with E-state index in [2.05, 4.69) is 24.1 Å². The molecule has 0 bridgehead atoms. The predicted octanol–water partition coefficient (Wildman–Crippen LogP) is 2.95. The molecule has 1 saturated heterocycles. The maximum absolute atomic E-state index is 6.16. The first-order chi connectivity index (χ1) is 9.72. The number of hydrogen-bond donors (Lipinski definition) is 2. The van der Waals surface area contributed by atoms with E-state index in [4.69, 9.17) is 10.5 Å². The van der Waals surface area contributed by atoms with Gasteiger partial charge in [-0.2, -0.15) is 0 Å². The van der Waals surface area contributed by atoms with E-state index >= 15 is 0 Å². The van der Waals surface area contributed by atoms with E-state index < -0.39 is 0 Å². The van der Waals surface area contributed by atoms with Gasteiger partial charge in [0.05, 0.1) is 18.0 Å². The summed E-state index contributed by atoms with van der Waals surface area (Å²) in [6, 6.07) is 6.48. The van der Waals surface area contributed by atoms with Crippen molar-refractivity contribution < 1.29 is 4.74 Å². The van der Waals surface area contributed by atoms with Crippen LogP contribution in [0.5, 0.6) is 5.75 Å². The van der Waals surface area contributed by atoms with Gasteiger partial charge >= 0.3 is 0 Å². The van der Waals surface area contributed by atoms with E-state index in [0.717, 1.165) is 30.1 Å². The van der Waals surface area contributed by atoms with Gasteiger partial charge in [-0.25, -0.2) is 0 Å². The van der Waals surface area contributed by atoms with E-state index in [-0.39, 0.29) is 0 Å². The SMILES string of the molecule is CCCOc1cccc(NCC(C)N2CCCC2)c1N. The highest BCUT2D eigenvalue weighted by Gasteiger charge is 2.18. The number of nitrogens with zero attached hydrogens (tertiary/aromatic N) is 1. The summed E-state index contributed by atoms with van der Waals surface area (Å²) in [6.45, 7) is 8.43. The van der Waals surface area contributed by atoms with Gasteiger partial charge in [-0.1, -0.05) is 13.0 Å². The van der Waals surface area contributed by atoms with Crippen molar-refractivity contribution in [1.82, 2.24) is 4.90 Å². The molecular weight excluding hydrogens is 250 g/mol. The Balaban J connectivity index is 1.91. The van der Waals surface area contributed by atoms with Crippen LogP contribution in [0.1, 0.15) is 33.1 Å². The van der Waals surface area contributed by atoms with E-state index in [9.17, 15) is 0 Å². The Bertz CT molecular complexity index is 416. The number of benzene rings is 1. The third-order valence-electron chi connectivity index (χ3n) is 3.88. The van der Waals surface area contributed by atoms with Crippen molar-refractivity contribution in [1.29, 1.82) is 0 Å². The van der Waals surface area contributed by atoms with Crippen molar-refractivity contribution in [3.8, 4) is 5.75 Å². The lowest BCUT2D eigenvalue weighted by Crippen LogP contribution is -2.35. The summed E-state index contributed by atoms with van der Waals surface area (Å²) < 4.78 is 5.66. The monoisotopic (exact) mass is 277 g/mol. The second kappa shape index (κ2) is 7.39. The second-order valence-corrected chi connectivity index (χ2v) is 5.54. The molecule has 0 radical (unpaired) electrons. The summed E-state index contributed by atoms with van der Waals surface area (Å²) in [7, 11) is 0. The molecule has 1 fully saturated rings. The van der Waals surface area contributed by atoms with Crippen LogP contribution in [0.3, 0.4) is 0 Å². The summed E-state index contributed by atoms with van der Waals surface area (Å²) in [6.07, 6.45) is 3.64. The average molecular weight is 277 g/mol. The van der Waals surface area contributed by atoms with Gasteiger partial charge in [0.25, 0.3) is 0 Å². The molecule has 0 amide bonds. The van der Waals surface area contributed by atoms with E-state index in [1.807, 2.05) is 18.2 Å². The Hall–Kier alpha value is -1.42. The van der Waals surface area contributed by atoms with Gasteiger partial charge in [-0.05, 0) is 51.4 Å². The molecule has 20 heavy (non-hydrogen) atoms. The summed E-state index contributed by atoms with van der Waals surface area (Å²) in [5, 5.41) is 3.46. The van der Waals surface area contributed by atoms with Crippen LogP contribution in [0.25, 0.3) is 0 Å². The Morgan fingerprint density at radius 1 is 1.35 bits per heavy atom. The molecule has 0 aliphatic carbocycles. The van der Waals surface area contributed by atoms with Gasteiger partial charge in [0, 0.05) is 12.6 Å². The number of hydrogen-bond acceptors (Lipinski definition) is 4. The first kappa shape index (κ1) is 15.0. The maximum atomic E-state index is 6.16. The fourth-order valence-corrected chi connectivity index (χ4v) is 2.61. The fourth-order valence-electron chi connectivity index (χ4n) is 2.61. The first-order valence-corrected chi connectivity index (χ1v) is 7.71. The number of nitrogens with two attached hydrogens (primary N) is 1. The molecule has 1 aliphatic rings. The molecule has 2 rings (SSSR count). The lowest BCUT2D eigenvalue weighted by molar-refractivity contribution is 0.269. The van der Waals surface area contributed by atoms with Crippen LogP contribution in [0, 0.1) is 0 Å². The molecule has 0 saturated carbocycles. The van der Waals surface area contributed by atoms with Crippen molar-refractivity contribution in [2.45, 2.75) is 39.2 Å². The minimum Gasteiger partial charge on any atom is -0.491 e. The normalized spacial score (nSPS) is 17.1. The van der Waals surface area contributed by atoms with Crippen LogP contribution < -0.4 is 15.8 Å². The number of nitrogens with one attached hydrogen (secondary N) is 1. The van der Waals surface area contributed by atoms with Gasteiger partial charge in [-0.3, -0.25) is 4.90 Å². The van der Waals surface area contributed by atoms with E-state index in [1.54, 1.807) is 0 Å². The number of likely N-dealkylation sites (tertiary alicyclic amines) is 1. The summed E-state index contributed by atoms with van der Waals surface area (Å²) in [5.74, 6) is 0.783. The predicted molar refractivity (Wildman–Crippen MR) is 85.4 cm³/mol. The van der Waals surface area contributed by atoms with E-state index in [0.29, 0.717) is 12.6 Å². The molecule has 3 N–H and O–H groups in total. The average Bonchev–Trinajstić information content (AvgIpc) is 2.99. The van der Waals surface area contributed by atoms with Gasteiger partial charge in [0.1, 0.15) is 5.75 Å². The minimum absolute atomic E-state index is 0.539. The summed E-state index contributed by atoms with van der Waals surface area (Å²) in [5.41, 5.74) is 7.86. The van der Waals surface area contributed by atoms with Crippen molar-refractivity contribution in [3.63, 3.8) is 0 Å². The number of rotatable bonds is 7. The molecule has 0 aromatic heterocycles. The molecule has 1 aliphatic heterocycles. The molecule has 1 aromatic rings. The number of para-hydroxylation sites is 1. The fraction of sp³-hybridized carbons (Fsp3) is 0.625. The minimum atomic E-state index is 0.539.